The third-order valence-electron chi connectivity index (χ3n) is 3.10. The van der Waals surface area contributed by atoms with Crippen LogP contribution in [-0.2, 0) is 0 Å². The fourth-order valence-corrected chi connectivity index (χ4v) is 2.34. The minimum atomic E-state index is -1.06. The summed E-state index contributed by atoms with van der Waals surface area (Å²) in [6, 6.07) is 3.19. The Morgan fingerprint density at radius 3 is 2.10 bits per heavy atom. The van der Waals surface area contributed by atoms with Gasteiger partial charge in [-0.25, -0.2) is 9.80 Å². The zero-order chi connectivity index (χ0) is 16.2. The van der Waals surface area contributed by atoms with Crippen LogP contribution in [0.3, 0.4) is 0 Å². The van der Waals surface area contributed by atoms with Crippen molar-refractivity contribution in [3.63, 3.8) is 0 Å². The quantitative estimate of drug-likeness (QED) is 0.814. The molecule has 1 rings (SSSR count). The van der Waals surface area contributed by atoms with Crippen LogP contribution in [0.25, 0.3) is 0 Å². The van der Waals surface area contributed by atoms with E-state index in [2.05, 4.69) is 4.98 Å². The number of aromatic carboxylic acids is 1. The fourth-order valence-electron chi connectivity index (χ4n) is 2.34. The van der Waals surface area contributed by atoms with Crippen LogP contribution >= 0.6 is 0 Å². The normalized spacial score (nSPS) is 11.2. The molecule has 0 spiro atoms. The number of pyridine rings is 1. The zero-order valence-corrected chi connectivity index (χ0v) is 13.2. The summed E-state index contributed by atoms with van der Waals surface area (Å²) in [6.07, 6.45) is 1.21. The molecule has 1 amide bonds. The summed E-state index contributed by atoms with van der Waals surface area (Å²) in [4.78, 5) is 27.4. The summed E-state index contributed by atoms with van der Waals surface area (Å²) in [6.45, 7) is 10.5. The lowest BCUT2D eigenvalue weighted by Crippen LogP contribution is -2.53. The molecule has 0 bridgehead atoms. The highest BCUT2D eigenvalue weighted by Gasteiger charge is 2.26. The van der Waals surface area contributed by atoms with Gasteiger partial charge in [0.25, 0.3) is 5.91 Å². The Labute approximate surface area is 125 Å². The Morgan fingerprint density at radius 1 is 1.19 bits per heavy atom. The summed E-state index contributed by atoms with van der Waals surface area (Å²) in [7, 11) is 0. The maximum absolute atomic E-state index is 12.6. The topological polar surface area (TPSA) is 73.7 Å². The van der Waals surface area contributed by atoms with Crippen LogP contribution in [0.15, 0.2) is 18.3 Å². The van der Waals surface area contributed by atoms with Crippen LogP contribution in [-0.4, -0.2) is 50.6 Å². The van der Waals surface area contributed by atoms with Crippen molar-refractivity contribution < 1.29 is 14.7 Å². The van der Waals surface area contributed by atoms with Crippen LogP contribution in [0.1, 0.15) is 55.5 Å². The Balaban J connectivity index is 3.05. The van der Waals surface area contributed by atoms with Gasteiger partial charge in [-0.05, 0) is 46.8 Å². The van der Waals surface area contributed by atoms with Gasteiger partial charge in [0.1, 0.15) is 5.69 Å². The molecule has 0 saturated heterocycles. The smallest absolute Gasteiger partial charge is 0.337 e. The zero-order valence-electron chi connectivity index (χ0n) is 13.2. The van der Waals surface area contributed by atoms with Crippen molar-refractivity contribution >= 4 is 11.9 Å². The number of rotatable bonds is 6. The van der Waals surface area contributed by atoms with E-state index in [1.54, 1.807) is 5.01 Å². The minimum absolute atomic E-state index is 0.0687. The van der Waals surface area contributed by atoms with Crippen LogP contribution in [0.5, 0.6) is 0 Å². The molecule has 0 aliphatic rings. The number of hydrogen-bond donors (Lipinski definition) is 1. The van der Waals surface area contributed by atoms with Crippen LogP contribution in [0.2, 0.25) is 0 Å². The molecule has 0 atom stereocenters. The Hall–Kier alpha value is -1.95. The van der Waals surface area contributed by atoms with Gasteiger partial charge in [0.05, 0.1) is 5.56 Å². The van der Waals surface area contributed by atoms with Gasteiger partial charge < -0.3 is 5.11 Å². The van der Waals surface area contributed by atoms with Crippen molar-refractivity contribution in [2.75, 3.05) is 6.54 Å². The number of carbonyl (C=O) groups is 2. The van der Waals surface area contributed by atoms with Gasteiger partial charge in [-0.1, -0.05) is 0 Å². The molecule has 0 unspecified atom stereocenters. The van der Waals surface area contributed by atoms with E-state index < -0.39 is 5.97 Å². The average Bonchev–Trinajstić information content (AvgIpc) is 2.42. The van der Waals surface area contributed by atoms with Crippen molar-refractivity contribution in [3.8, 4) is 0 Å². The predicted molar refractivity (Wildman–Crippen MR) is 80.0 cm³/mol. The molecule has 1 N–H and O–H groups in total. The third kappa shape index (κ3) is 4.01. The largest absolute Gasteiger partial charge is 0.478 e. The monoisotopic (exact) mass is 293 g/mol. The lowest BCUT2D eigenvalue weighted by Gasteiger charge is -2.40. The van der Waals surface area contributed by atoms with Gasteiger partial charge in [0.2, 0.25) is 0 Å². The molecule has 1 heterocycles. The van der Waals surface area contributed by atoms with Crippen molar-refractivity contribution in [3.05, 3.63) is 29.6 Å². The molecule has 116 valence electrons. The first kappa shape index (κ1) is 17.1. The lowest BCUT2D eigenvalue weighted by molar-refractivity contribution is -0.0487. The number of carbonyl (C=O) groups excluding carboxylic acids is 1. The molecule has 6 nitrogen and oxygen atoms in total. The third-order valence-corrected chi connectivity index (χ3v) is 3.10. The summed E-state index contributed by atoms with van der Waals surface area (Å²) in [5.74, 6) is -1.28. The Morgan fingerprint density at radius 2 is 1.76 bits per heavy atom. The van der Waals surface area contributed by atoms with Crippen molar-refractivity contribution in [1.82, 2.24) is 15.0 Å². The molecule has 0 radical (unpaired) electrons. The highest BCUT2D eigenvalue weighted by molar-refractivity contribution is 5.93. The lowest BCUT2D eigenvalue weighted by atomic mass is 10.2. The van der Waals surface area contributed by atoms with E-state index in [9.17, 15) is 9.59 Å². The highest BCUT2D eigenvalue weighted by Crippen LogP contribution is 2.13. The van der Waals surface area contributed by atoms with Gasteiger partial charge in [-0.2, -0.15) is 0 Å². The number of hydrazine groups is 1. The first-order valence-electron chi connectivity index (χ1n) is 7.09. The SMILES string of the molecule is CCN(C(=O)c1ccc(C(=O)O)cn1)N(C(C)C)C(C)C. The van der Waals surface area contributed by atoms with Crippen LogP contribution in [0.4, 0.5) is 0 Å². The predicted octanol–water partition coefficient (Wildman–Crippen LogP) is 2.28. The minimum Gasteiger partial charge on any atom is -0.478 e. The molecule has 0 aliphatic carbocycles. The number of carboxylic acid groups (broad SMARTS) is 1. The number of nitrogens with zero attached hydrogens (tertiary/aromatic N) is 3. The van der Waals surface area contributed by atoms with E-state index in [0.717, 1.165) is 0 Å². The van der Waals surface area contributed by atoms with E-state index >= 15 is 0 Å². The molecular formula is C15H23N3O3. The molecule has 0 aromatic carbocycles. The Bertz CT molecular complexity index is 489. The summed E-state index contributed by atoms with van der Waals surface area (Å²) in [5, 5.41) is 12.5. The molecule has 1 aromatic heterocycles. The first-order valence-corrected chi connectivity index (χ1v) is 7.09. The van der Waals surface area contributed by atoms with Crippen molar-refractivity contribution in [2.24, 2.45) is 0 Å². The molecule has 1 aromatic rings. The second-order valence-electron chi connectivity index (χ2n) is 5.33. The van der Waals surface area contributed by atoms with E-state index in [1.165, 1.54) is 18.3 Å². The number of aromatic nitrogens is 1. The number of carboxylic acids is 1. The van der Waals surface area contributed by atoms with E-state index in [1.807, 2.05) is 39.6 Å². The molecule has 21 heavy (non-hydrogen) atoms. The van der Waals surface area contributed by atoms with Gasteiger partial charge in [-0.15, -0.1) is 0 Å². The summed E-state index contributed by atoms with van der Waals surface area (Å²) in [5.41, 5.74) is 0.312. The van der Waals surface area contributed by atoms with Crippen LogP contribution in [0, 0.1) is 0 Å². The van der Waals surface area contributed by atoms with E-state index in [4.69, 9.17) is 5.11 Å². The van der Waals surface area contributed by atoms with E-state index in [-0.39, 0.29) is 29.2 Å². The standard InChI is InChI=1S/C15H23N3O3/c1-6-17(18(10(2)3)11(4)5)14(19)13-8-7-12(9-16-13)15(20)21/h7-11H,6H2,1-5H3,(H,20,21). The summed E-state index contributed by atoms with van der Waals surface area (Å²) >= 11 is 0. The van der Waals surface area contributed by atoms with Gasteiger partial charge in [0.15, 0.2) is 0 Å². The molecule has 0 aliphatic heterocycles. The number of hydrogen-bond acceptors (Lipinski definition) is 4. The average molecular weight is 293 g/mol. The van der Waals surface area contributed by atoms with Crippen molar-refractivity contribution in [2.45, 2.75) is 46.7 Å². The van der Waals surface area contributed by atoms with Gasteiger partial charge in [-0.3, -0.25) is 14.8 Å². The van der Waals surface area contributed by atoms with Gasteiger partial charge >= 0.3 is 5.97 Å². The molecule has 0 fully saturated rings. The molecular weight excluding hydrogens is 270 g/mol. The molecule has 0 saturated carbocycles. The maximum atomic E-state index is 12.6. The highest BCUT2D eigenvalue weighted by atomic mass is 16.4. The first-order chi connectivity index (χ1) is 9.79. The van der Waals surface area contributed by atoms with Crippen LogP contribution < -0.4 is 0 Å². The number of amides is 1. The van der Waals surface area contributed by atoms with E-state index in [0.29, 0.717) is 6.54 Å². The van der Waals surface area contributed by atoms with Gasteiger partial charge in [0, 0.05) is 24.8 Å². The summed E-state index contributed by atoms with van der Waals surface area (Å²) < 4.78 is 0. The van der Waals surface area contributed by atoms with Crippen molar-refractivity contribution in [1.29, 1.82) is 0 Å². The second-order valence-corrected chi connectivity index (χ2v) is 5.33. The molecule has 6 heteroatoms. The maximum Gasteiger partial charge on any atom is 0.337 e. The Kier molecular flexibility index (Phi) is 5.84. The fraction of sp³-hybridized carbons (Fsp3) is 0.533. The second kappa shape index (κ2) is 7.17.